The molecule has 0 rings (SSSR count). The van der Waals surface area contributed by atoms with Crippen LogP contribution in [0.5, 0.6) is 0 Å². The van der Waals surface area contributed by atoms with Crippen LogP contribution in [0, 0.1) is 0 Å². The molecule has 0 aromatic rings. The first-order valence-corrected chi connectivity index (χ1v) is 3.31. The molecule has 0 aromatic carbocycles. The lowest BCUT2D eigenvalue weighted by Gasteiger charge is -1.94. The van der Waals surface area contributed by atoms with E-state index in [1.54, 1.807) is 0 Å². The second kappa shape index (κ2) is 11.2. The van der Waals surface area contributed by atoms with Gasteiger partial charge >= 0.3 is 0 Å². The van der Waals surface area contributed by atoms with Crippen LogP contribution in [-0.2, 0) is 4.52 Å². The second-order valence-corrected chi connectivity index (χ2v) is 1.99. The maximum Gasteiger partial charge on any atom is 0.0501 e. The van der Waals surface area contributed by atoms with Gasteiger partial charge in [-0.15, -0.1) is 0 Å². The summed E-state index contributed by atoms with van der Waals surface area (Å²) in [6, 6.07) is 0. The van der Waals surface area contributed by atoms with E-state index in [9.17, 15) is 0 Å². The maximum absolute atomic E-state index is 8.32. The average Bonchev–Trinajstić information content (AvgIpc) is 1.81. The van der Waals surface area contributed by atoms with Gasteiger partial charge in [-0.2, -0.15) is 0 Å². The van der Waals surface area contributed by atoms with E-state index in [-0.39, 0.29) is 8.41 Å². The molecule has 1 N–H and O–H groups in total. The van der Waals surface area contributed by atoms with E-state index in [1.165, 1.54) is 0 Å². The van der Waals surface area contributed by atoms with Crippen molar-refractivity contribution in [1.29, 1.82) is 0 Å². The van der Waals surface area contributed by atoms with Gasteiger partial charge in [-0.05, 0) is 19.3 Å². The largest absolute Gasteiger partial charge is 0.396 e. The third-order valence-electron chi connectivity index (χ3n) is 0.920. The van der Waals surface area contributed by atoms with Crippen LogP contribution in [0.15, 0.2) is 0 Å². The smallest absolute Gasteiger partial charge is 0.0501 e. The second-order valence-electron chi connectivity index (χ2n) is 1.66. The molecule has 0 spiro atoms. The third kappa shape index (κ3) is 11.8. The molecule has 0 heterocycles. The van der Waals surface area contributed by atoms with Gasteiger partial charge in [0.05, 0.1) is 6.61 Å². The van der Waals surface area contributed by atoms with Gasteiger partial charge in [-0.3, -0.25) is 0 Å². The van der Waals surface area contributed by atoms with Crippen LogP contribution in [0.2, 0.25) is 0 Å². The zero-order valence-corrected chi connectivity index (χ0v) is 6.70. The molecule has 1 atom stereocenters. The van der Waals surface area contributed by atoms with Crippen molar-refractivity contribution in [3.05, 3.63) is 0 Å². The lowest BCUT2D eigenvalue weighted by Crippen LogP contribution is -1.86. The highest BCUT2D eigenvalue weighted by Gasteiger charge is 1.84. The molecular formula is C5H13BO2P. The summed E-state index contributed by atoms with van der Waals surface area (Å²) < 4.78 is 4.72. The molecule has 0 aliphatic rings. The summed E-state index contributed by atoms with van der Waals surface area (Å²) in [6.45, 7) is 1.08. The van der Waals surface area contributed by atoms with Crippen molar-refractivity contribution in [1.82, 2.24) is 0 Å². The van der Waals surface area contributed by atoms with Crippen molar-refractivity contribution in [2.24, 2.45) is 0 Å². The highest BCUT2D eigenvalue weighted by molar-refractivity contribution is 7.09. The van der Waals surface area contributed by atoms with Crippen molar-refractivity contribution in [2.45, 2.75) is 19.3 Å². The first-order valence-electron chi connectivity index (χ1n) is 2.84. The van der Waals surface area contributed by atoms with Crippen LogP contribution >= 0.6 is 9.47 Å². The molecule has 0 aromatic heterocycles. The number of aliphatic hydroxyl groups is 1. The number of unbranched alkanes of at least 4 members (excludes halogenated alkanes) is 2. The summed E-state index contributed by atoms with van der Waals surface area (Å²) in [4.78, 5) is 0. The Bertz CT molecular complexity index is 39.9. The van der Waals surface area contributed by atoms with Gasteiger partial charge in [0.1, 0.15) is 0 Å². The van der Waals surface area contributed by atoms with Gasteiger partial charge in [-0.1, -0.05) is 0 Å². The van der Waals surface area contributed by atoms with Crippen LogP contribution in [-0.4, -0.2) is 26.7 Å². The molecule has 2 nitrogen and oxygen atoms in total. The lowest BCUT2D eigenvalue weighted by molar-refractivity contribution is 0.274. The number of hydrogen-bond acceptors (Lipinski definition) is 2. The molecule has 9 heavy (non-hydrogen) atoms. The van der Waals surface area contributed by atoms with Crippen LogP contribution in [0.4, 0.5) is 0 Å². The van der Waals surface area contributed by atoms with E-state index in [1.807, 2.05) is 0 Å². The van der Waals surface area contributed by atoms with E-state index in [0.29, 0.717) is 6.61 Å². The molecule has 0 saturated heterocycles. The first-order chi connectivity index (χ1) is 3.91. The minimum Gasteiger partial charge on any atom is -0.396 e. The Morgan fingerprint density at radius 3 is 2.33 bits per heavy atom. The number of hydrogen-bond donors (Lipinski definition) is 1. The lowest BCUT2D eigenvalue weighted by atomic mass is 10.2. The fraction of sp³-hybridized carbons (Fsp3) is 1.00. The number of aliphatic hydroxyl groups excluding tert-OH is 1. The van der Waals surface area contributed by atoms with E-state index in [4.69, 9.17) is 9.63 Å². The van der Waals surface area contributed by atoms with Crippen molar-refractivity contribution >= 4 is 17.9 Å². The standard InChI is InChI=1S/C5H13O2P.B/c6-4-2-1-3-5-7-8;/h6H,1-5,8H2;. The van der Waals surface area contributed by atoms with Crippen LogP contribution < -0.4 is 0 Å². The Balaban J connectivity index is 0. The summed E-state index contributed by atoms with van der Waals surface area (Å²) >= 11 is 0. The molecule has 3 radical (unpaired) electrons. The van der Waals surface area contributed by atoms with Crippen molar-refractivity contribution in [2.75, 3.05) is 13.2 Å². The van der Waals surface area contributed by atoms with Gasteiger partial charge < -0.3 is 9.63 Å². The highest BCUT2D eigenvalue weighted by atomic mass is 31.0. The van der Waals surface area contributed by atoms with Crippen molar-refractivity contribution in [3.63, 3.8) is 0 Å². The summed E-state index contributed by atoms with van der Waals surface area (Å²) in [7, 11) is 2.20. The molecular weight excluding hydrogens is 134 g/mol. The van der Waals surface area contributed by atoms with E-state index >= 15 is 0 Å². The van der Waals surface area contributed by atoms with Gasteiger partial charge in [0.25, 0.3) is 0 Å². The molecule has 0 bridgehead atoms. The van der Waals surface area contributed by atoms with E-state index in [0.717, 1.165) is 25.9 Å². The molecule has 53 valence electrons. The Labute approximate surface area is 60.8 Å². The first kappa shape index (κ1) is 12.1. The Morgan fingerprint density at radius 1 is 1.22 bits per heavy atom. The van der Waals surface area contributed by atoms with Crippen LogP contribution in [0.1, 0.15) is 19.3 Å². The minimum absolute atomic E-state index is 0. The average molecular weight is 147 g/mol. The Hall–Kier alpha value is 0.415. The van der Waals surface area contributed by atoms with Gasteiger partial charge in [0, 0.05) is 24.5 Å². The predicted octanol–water partition coefficient (Wildman–Crippen LogP) is 0.575. The molecule has 0 aliphatic heterocycles. The topological polar surface area (TPSA) is 29.5 Å². The molecule has 0 fully saturated rings. The van der Waals surface area contributed by atoms with Gasteiger partial charge in [0.15, 0.2) is 0 Å². The predicted molar refractivity (Wildman–Crippen MR) is 42.4 cm³/mol. The zero-order chi connectivity index (χ0) is 6.24. The summed E-state index contributed by atoms with van der Waals surface area (Å²) in [5.41, 5.74) is 0. The molecule has 0 amide bonds. The Morgan fingerprint density at radius 2 is 1.89 bits per heavy atom. The van der Waals surface area contributed by atoms with Crippen LogP contribution in [0.3, 0.4) is 0 Å². The third-order valence-corrected chi connectivity index (χ3v) is 1.16. The van der Waals surface area contributed by atoms with Crippen molar-refractivity contribution in [3.8, 4) is 0 Å². The zero-order valence-electron chi connectivity index (χ0n) is 5.55. The summed E-state index contributed by atoms with van der Waals surface area (Å²) in [6.07, 6.45) is 3.00. The van der Waals surface area contributed by atoms with Gasteiger partial charge in [0.2, 0.25) is 0 Å². The van der Waals surface area contributed by atoms with Gasteiger partial charge in [-0.25, -0.2) is 0 Å². The number of rotatable bonds is 5. The van der Waals surface area contributed by atoms with Crippen molar-refractivity contribution < 1.29 is 9.63 Å². The summed E-state index contributed by atoms with van der Waals surface area (Å²) in [5, 5.41) is 8.32. The normalized spacial score (nSPS) is 8.67. The monoisotopic (exact) mass is 147 g/mol. The highest BCUT2D eigenvalue weighted by Crippen LogP contribution is 1.96. The fourth-order valence-corrected chi connectivity index (χ4v) is 0.641. The SMILES string of the molecule is OCCCCCOP.[B]. The quantitative estimate of drug-likeness (QED) is 0.350. The summed E-state index contributed by atoms with van der Waals surface area (Å²) in [5.74, 6) is 0. The van der Waals surface area contributed by atoms with Crippen LogP contribution in [0.25, 0.3) is 0 Å². The van der Waals surface area contributed by atoms with E-state index < -0.39 is 0 Å². The molecule has 1 unspecified atom stereocenters. The molecule has 0 saturated carbocycles. The molecule has 0 aliphatic carbocycles. The van der Waals surface area contributed by atoms with E-state index in [2.05, 4.69) is 9.47 Å². The molecule has 4 heteroatoms. The maximum atomic E-state index is 8.32. The fourth-order valence-electron chi connectivity index (χ4n) is 0.474. The Kier molecular flexibility index (Phi) is 15.1. The minimum atomic E-state index is 0.